The Morgan fingerprint density at radius 3 is 3.05 bits per heavy atom. The maximum absolute atomic E-state index is 13.6. The van der Waals surface area contributed by atoms with E-state index in [9.17, 15) is 4.39 Å². The Morgan fingerprint density at radius 2 is 2.33 bits per heavy atom. The highest BCUT2D eigenvalue weighted by Crippen LogP contribution is 2.19. The quantitative estimate of drug-likeness (QED) is 0.376. The predicted octanol–water partition coefficient (Wildman–Crippen LogP) is 1.78. The molecule has 1 unspecified atom stereocenters. The largest absolute Gasteiger partial charge is 0.409 e. The number of nitrogens with two attached hydrogens (primary N) is 1. The van der Waals surface area contributed by atoms with Crippen LogP contribution in [0.15, 0.2) is 23.4 Å². The Kier molecular flexibility index (Phi) is 5.52. The molecule has 0 aromatic heterocycles. The summed E-state index contributed by atoms with van der Waals surface area (Å²) in [5, 5.41) is 11.6. The lowest BCUT2D eigenvalue weighted by molar-refractivity contribution is 0.0873. The Bertz CT molecular complexity index is 506. The molecule has 2 rings (SSSR count). The molecule has 1 aliphatic rings. The van der Waals surface area contributed by atoms with Crippen LogP contribution in [0, 0.1) is 11.7 Å². The number of hydrogen-bond donors (Lipinski definition) is 2. The van der Waals surface area contributed by atoms with Gasteiger partial charge in [0.15, 0.2) is 5.84 Å². The van der Waals surface area contributed by atoms with E-state index in [1.807, 2.05) is 0 Å². The van der Waals surface area contributed by atoms with E-state index >= 15 is 0 Å². The highest BCUT2D eigenvalue weighted by atomic mass is 19.1. The predicted molar refractivity (Wildman–Crippen MR) is 78.8 cm³/mol. The lowest BCUT2D eigenvalue weighted by Crippen LogP contribution is -2.36. The molecule has 1 fully saturated rings. The van der Waals surface area contributed by atoms with Crippen molar-refractivity contribution in [2.24, 2.45) is 16.8 Å². The fraction of sp³-hybridized carbons (Fsp3) is 0.533. The van der Waals surface area contributed by atoms with E-state index in [-0.39, 0.29) is 11.7 Å². The van der Waals surface area contributed by atoms with Crippen LogP contribution in [-0.4, -0.2) is 42.7 Å². The Hall–Kier alpha value is -1.66. The molecule has 0 saturated carbocycles. The maximum atomic E-state index is 13.6. The van der Waals surface area contributed by atoms with Gasteiger partial charge in [-0.15, -0.1) is 0 Å². The number of rotatable bonds is 5. The van der Waals surface area contributed by atoms with Crippen LogP contribution in [0.3, 0.4) is 0 Å². The molecule has 1 aromatic carbocycles. The SMILES string of the molecule is COCC1CCCN(Cc2cc(F)cc(/C(N)=N/O)c2)C1. The van der Waals surface area contributed by atoms with Crippen molar-refractivity contribution in [1.29, 1.82) is 0 Å². The normalized spacial score (nSPS) is 20.7. The van der Waals surface area contributed by atoms with Gasteiger partial charge in [-0.3, -0.25) is 4.90 Å². The van der Waals surface area contributed by atoms with E-state index in [1.54, 1.807) is 13.2 Å². The van der Waals surface area contributed by atoms with Gasteiger partial charge >= 0.3 is 0 Å². The van der Waals surface area contributed by atoms with Crippen LogP contribution in [-0.2, 0) is 11.3 Å². The number of piperidine rings is 1. The molecular weight excluding hydrogens is 273 g/mol. The van der Waals surface area contributed by atoms with Crippen LogP contribution < -0.4 is 5.73 Å². The Balaban J connectivity index is 2.07. The van der Waals surface area contributed by atoms with Crippen molar-refractivity contribution >= 4 is 5.84 Å². The summed E-state index contributed by atoms with van der Waals surface area (Å²) in [6, 6.07) is 4.52. The number of nitrogens with zero attached hydrogens (tertiary/aromatic N) is 2. The van der Waals surface area contributed by atoms with Crippen LogP contribution in [0.25, 0.3) is 0 Å². The van der Waals surface area contributed by atoms with Gasteiger partial charge in [0.1, 0.15) is 5.82 Å². The summed E-state index contributed by atoms with van der Waals surface area (Å²) >= 11 is 0. The Labute approximate surface area is 124 Å². The molecule has 0 spiro atoms. The minimum atomic E-state index is -0.375. The zero-order valence-corrected chi connectivity index (χ0v) is 12.3. The molecule has 1 heterocycles. The molecule has 1 atom stereocenters. The van der Waals surface area contributed by atoms with Crippen molar-refractivity contribution in [3.8, 4) is 0 Å². The van der Waals surface area contributed by atoms with Crippen molar-refractivity contribution in [1.82, 2.24) is 4.90 Å². The number of hydrogen-bond acceptors (Lipinski definition) is 4. The first kappa shape index (κ1) is 15.7. The molecule has 0 aliphatic carbocycles. The summed E-state index contributed by atoms with van der Waals surface area (Å²) in [6.07, 6.45) is 2.29. The molecule has 0 bridgehead atoms. The summed E-state index contributed by atoms with van der Waals surface area (Å²) in [6.45, 7) is 3.36. The van der Waals surface area contributed by atoms with E-state index in [0.717, 1.165) is 31.7 Å². The molecule has 3 N–H and O–H groups in total. The van der Waals surface area contributed by atoms with Crippen molar-refractivity contribution in [3.63, 3.8) is 0 Å². The molecule has 116 valence electrons. The third-order valence-corrected chi connectivity index (χ3v) is 3.77. The first-order chi connectivity index (χ1) is 10.1. The number of likely N-dealkylation sites (tertiary alicyclic amines) is 1. The van der Waals surface area contributed by atoms with E-state index in [0.29, 0.717) is 18.0 Å². The number of halogens is 1. The lowest BCUT2D eigenvalue weighted by atomic mass is 9.98. The zero-order valence-electron chi connectivity index (χ0n) is 12.3. The minimum Gasteiger partial charge on any atom is -0.409 e. The molecule has 1 aromatic rings. The molecule has 21 heavy (non-hydrogen) atoms. The van der Waals surface area contributed by atoms with E-state index in [1.165, 1.54) is 18.6 Å². The number of methoxy groups -OCH3 is 1. The van der Waals surface area contributed by atoms with E-state index in [4.69, 9.17) is 15.7 Å². The fourth-order valence-electron chi connectivity index (χ4n) is 2.87. The first-order valence-corrected chi connectivity index (χ1v) is 7.11. The molecule has 0 radical (unpaired) electrons. The fourth-order valence-corrected chi connectivity index (χ4v) is 2.87. The average Bonchev–Trinajstić information content (AvgIpc) is 2.46. The number of ether oxygens (including phenoxy) is 1. The van der Waals surface area contributed by atoms with Gasteiger partial charge in [0.05, 0.1) is 6.61 Å². The number of benzene rings is 1. The van der Waals surface area contributed by atoms with Gasteiger partial charge in [-0.1, -0.05) is 5.16 Å². The highest BCUT2D eigenvalue weighted by Gasteiger charge is 2.20. The van der Waals surface area contributed by atoms with Gasteiger partial charge in [-0.25, -0.2) is 4.39 Å². The van der Waals surface area contributed by atoms with Crippen molar-refractivity contribution < 1.29 is 14.3 Å². The molecule has 6 heteroatoms. The van der Waals surface area contributed by atoms with Gasteiger partial charge in [-0.05, 0) is 49.1 Å². The van der Waals surface area contributed by atoms with E-state index < -0.39 is 0 Å². The lowest BCUT2D eigenvalue weighted by Gasteiger charge is -2.32. The van der Waals surface area contributed by atoms with Crippen molar-refractivity contribution in [2.45, 2.75) is 19.4 Å². The Morgan fingerprint density at radius 1 is 1.52 bits per heavy atom. The highest BCUT2D eigenvalue weighted by molar-refractivity contribution is 5.97. The summed E-state index contributed by atoms with van der Waals surface area (Å²) < 4.78 is 18.9. The van der Waals surface area contributed by atoms with Crippen LogP contribution >= 0.6 is 0 Å². The van der Waals surface area contributed by atoms with Crippen molar-refractivity contribution in [3.05, 3.63) is 35.1 Å². The second-order valence-corrected chi connectivity index (χ2v) is 5.53. The van der Waals surface area contributed by atoms with Crippen molar-refractivity contribution in [2.75, 3.05) is 26.8 Å². The van der Waals surface area contributed by atoms with Crippen LogP contribution in [0.2, 0.25) is 0 Å². The molecule has 1 aliphatic heterocycles. The number of oxime groups is 1. The van der Waals surface area contributed by atoms with Gasteiger partial charge in [0.25, 0.3) is 0 Å². The maximum Gasteiger partial charge on any atom is 0.170 e. The monoisotopic (exact) mass is 295 g/mol. The van der Waals surface area contributed by atoms with E-state index in [2.05, 4.69) is 10.1 Å². The van der Waals surface area contributed by atoms with Gasteiger partial charge in [0.2, 0.25) is 0 Å². The minimum absolute atomic E-state index is 0.0772. The zero-order chi connectivity index (χ0) is 15.2. The first-order valence-electron chi connectivity index (χ1n) is 7.11. The summed E-state index contributed by atoms with van der Waals surface area (Å²) in [7, 11) is 1.72. The summed E-state index contributed by atoms with van der Waals surface area (Å²) in [5.74, 6) is 0.0760. The van der Waals surface area contributed by atoms with Crippen LogP contribution in [0.5, 0.6) is 0 Å². The second kappa shape index (κ2) is 7.38. The molecule has 0 amide bonds. The van der Waals surface area contributed by atoms with Crippen LogP contribution in [0.1, 0.15) is 24.0 Å². The molecule has 5 nitrogen and oxygen atoms in total. The second-order valence-electron chi connectivity index (χ2n) is 5.53. The van der Waals surface area contributed by atoms with Gasteiger partial charge < -0.3 is 15.7 Å². The third-order valence-electron chi connectivity index (χ3n) is 3.77. The summed E-state index contributed by atoms with van der Waals surface area (Å²) in [4.78, 5) is 2.29. The van der Waals surface area contributed by atoms with Gasteiger partial charge in [0, 0.05) is 25.8 Å². The summed E-state index contributed by atoms with van der Waals surface area (Å²) in [5.41, 5.74) is 6.76. The molecule has 1 saturated heterocycles. The topological polar surface area (TPSA) is 71.1 Å². The average molecular weight is 295 g/mol. The van der Waals surface area contributed by atoms with Crippen LogP contribution in [0.4, 0.5) is 4.39 Å². The smallest absolute Gasteiger partial charge is 0.170 e. The standard InChI is InChI=1S/C15H22FN3O2/c1-21-10-11-3-2-4-19(8-11)9-12-5-13(15(17)18-20)7-14(16)6-12/h5-7,11,20H,2-4,8-10H2,1H3,(H2,17,18). The van der Waals surface area contributed by atoms with Gasteiger partial charge in [-0.2, -0.15) is 0 Å². The third kappa shape index (κ3) is 4.41. The molecular formula is C15H22FN3O2. The number of amidine groups is 1.